The number of ether oxygens (including phenoxy) is 2. The second kappa shape index (κ2) is 8.86. The van der Waals surface area contributed by atoms with Gasteiger partial charge < -0.3 is 19.7 Å². The van der Waals surface area contributed by atoms with E-state index in [2.05, 4.69) is 10.4 Å². The normalized spacial score (nSPS) is 15.4. The number of hydrogen-bond acceptors (Lipinski definition) is 7. The Morgan fingerprint density at radius 2 is 2.03 bits per heavy atom. The van der Waals surface area contributed by atoms with Crippen LogP contribution in [0.1, 0.15) is 33.6 Å². The van der Waals surface area contributed by atoms with Crippen LogP contribution in [0.2, 0.25) is 0 Å². The Kier molecular flexibility index (Phi) is 6.45. The summed E-state index contributed by atoms with van der Waals surface area (Å²) in [6.45, 7) is 7.74. The predicted molar refractivity (Wildman–Crippen MR) is 113 cm³/mol. The Morgan fingerprint density at radius 1 is 1.33 bits per heavy atom. The molecule has 1 saturated heterocycles. The molecule has 1 aromatic carbocycles. The van der Waals surface area contributed by atoms with Gasteiger partial charge in [0, 0.05) is 43.9 Å². The van der Waals surface area contributed by atoms with E-state index >= 15 is 0 Å². The molecule has 0 atom stereocenters. The van der Waals surface area contributed by atoms with Crippen LogP contribution in [0.3, 0.4) is 0 Å². The molecule has 1 aromatic heterocycles. The van der Waals surface area contributed by atoms with Crippen LogP contribution in [-0.4, -0.2) is 59.2 Å². The molecule has 0 radical (unpaired) electrons. The summed E-state index contributed by atoms with van der Waals surface area (Å²) >= 11 is 0. The monoisotopic (exact) mass is 419 g/mol. The first-order valence-electron chi connectivity index (χ1n) is 10.1. The van der Waals surface area contributed by atoms with Gasteiger partial charge in [0.1, 0.15) is 11.3 Å². The fourth-order valence-electron chi connectivity index (χ4n) is 3.54. The first-order valence-corrected chi connectivity index (χ1v) is 10.1. The van der Waals surface area contributed by atoms with Crippen molar-refractivity contribution in [1.29, 1.82) is 0 Å². The number of benzene rings is 1. The van der Waals surface area contributed by atoms with E-state index in [-0.39, 0.29) is 16.7 Å². The van der Waals surface area contributed by atoms with E-state index in [0.717, 1.165) is 5.39 Å². The number of aromatic nitrogens is 2. The van der Waals surface area contributed by atoms with Crippen LogP contribution in [-0.2, 0) is 16.0 Å². The first-order chi connectivity index (χ1) is 14.2. The number of nitro groups is 1. The van der Waals surface area contributed by atoms with Crippen molar-refractivity contribution in [1.82, 2.24) is 15.1 Å². The number of nitro benzene ring substituents is 1. The van der Waals surface area contributed by atoms with Crippen LogP contribution < -0.4 is 10.2 Å². The van der Waals surface area contributed by atoms with Gasteiger partial charge in [-0.25, -0.2) is 4.79 Å². The number of piperidine rings is 1. The Labute approximate surface area is 175 Å². The number of hydrogen-bond donors (Lipinski definition) is 1. The maximum atomic E-state index is 12.0. The molecular formula is C20H29N5O5. The Balaban J connectivity index is 1.72. The average molecular weight is 419 g/mol. The summed E-state index contributed by atoms with van der Waals surface area (Å²) in [6, 6.07) is 3.33. The fourth-order valence-corrected chi connectivity index (χ4v) is 3.54. The van der Waals surface area contributed by atoms with Gasteiger partial charge in [-0.1, -0.05) is 0 Å². The van der Waals surface area contributed by atoms with Gasteiger partial charge in [0.2, 0.25) is 0 Å². The standard InChI is InChI=1S/C20H29N5O5/c1-20(2,3)30-19(26)21-15-5-7-23(8-6-15)17-12-16-14(11-18(17)25(27)28)13-24(22-16)9-10-29-4/h11-13,15H,5-10H2,1-4H3,(H,21,26). The number of fused-ring (bicyclic) bond motifs is 1. The van der Waals surface area contributed by atoms with E-state index in [0.29, 0.717) is 50.3 Å². The van der Waals surface area contributed by atoms with Gasteiger partial charge in [0.25, 0.3) is 5.69 Å². The fraction of sp³-hybridized carbons (Fsp3) is 0.600. The highest BCUT2D eigenvalue weighted by Crippen LogP contribution is 2.34. The van der Waals surface area contributed by atoms with E-state index in [9.17, 15) is 14.9 Å². The molecule has 10 heteroatoms. The molecule has 1 fully saturated rings. The van der Waals surface area contributed by atoms with Crippen molar-refractivity contribution in [2.45, 2.75) is 51.8 Å². The highest BCUT2D eigenvalue weighted by molar-refractivity contribution is 5.87. The van der Waals surface area contributed by atoms with E-state index in [1.807, 2.05) is 25.7 Å². The number of methoxy groups -OCH3 is 1. The minimum atomic E-state index is -0.548. The van der Waals surface area contributed by atoms with Crippen molar-refractivity contribution in [3.8, 4) is 0 Å². The Hall–Kier alpha value is -2.88. The molecule has 30 heavy (non-hydrogen) atoms. The van der Waals surface area contributed by atoms with Crippen molar-refractivity contribution in [2.75, 3.05) is 31.7 Å². The molecule has 1 N–H and O–H groups in total. The summed E-state index contributed by atoms with van der Waals surface area (Å²) < 4.78 is 12.1. The Morgan fingerprint density at radius 3 is 2.63 bits per heavy atom. The van der Waals surface area contributed by atoms with Crippen LogP contribution >= 0.6 is 0 Å². The summed E-state index contributed by atoms with van der Waals surface area (Å²) in [7, 11) is 1.62. The molecular weight excluding hydrogens is 390 g/mol. The molecule has 1 aliphatic rings. The van der Waals surface area contributed by atoms with E-state index < -0.39 is 11.7 Å². The summed E-state index contributed by atoms with van der Waals surface area (Å²) in [5, 5.41) is 19.8. The van der Waals surface area contributed by atoms with E-state index in [4.69, 9.17) is 9.47 Å². The number of nitrogens with one attached hydrogen (secondary N) is 1. The number of amides is 1. The number of anilines is 1. The molecule has 0 bridgehead atoms. The van der Waals surface area contributed by atoms with Crippen molar-refractivity contribution in [3.05, 3.63) is 28.4 Å². The highest BCUT2D eigenvalue weighted by atomic mass is 16.6. The molecule has 164 valence electrons. The molecule has 1 amide bonds. The van der Waals surface area contributed by atoms with Crippen molar-refractivity contribution in [3.63, 3.8) is 0 Å². The third kappa shape index (κ3) is 5.38. The number of nitrogens with zero attached hydrogens (tertiary/aromatic N) is 4. The van der Waals surface area contributed by atoms with Crippen LogP contribution in [0.4, 0.5) is 16.2 Å². The van der Waals surface area contributed by atoms with Gasteiger partial charge in [0.05, 0.1) is 23.6 Å². The lowest BCUT2D eigenvalue weighted by atomic mass is 10.0. The third-order valence-corrected chi connectivity index (χ3v) is 4.93. The lowest BCUT2D eigenvalue weighted by molar-refractivity contribution is -0.384. The molecule has 1 aliphatic heterocycles. The lowest BCUT2D eigenvalue weighted by Crippen LogP contribution is -2.46. The summed E-state index contributed by atoms with van der Waals surface area (Å²) in [5.74, 6) is 0. The zero-order chi connectivity index (χ0) is 21.9. The quantitative estimate of drug-likeness (QED) is 0.566. The molecule has 2 aromatic rings. The van der Waals surface area contributed by atoms with Crippen molar-refractivity contribution in [2.24, 2.45) is 0 Å². The maximum absolute atomic E-state index is 12.0. The molecule has 0 unspecified atom stereocenters. The Bertz CT molecular complexity index is 912. The molecule has 2 heterocycles. The van der Waals surface area contributed by atoms with Crippen LogP contribution in [0.5, 0.6) is 0 Å². The lowest BCUT2D eigenvalue weighted by Gasteiger charge is -2.34. The van der Waals surface area contributed by atoms with E-state index in [1.54, 1.807) is 30.1 Å². The second-order valence-electron chi connectivity index (χ2n) is 8.45. The summed E-state index contributed by atoms with van der Waals surface area (Å²) in [5.41, 5.74) is 0.779. The van der Waals surface area contributed by atoms with Crippen molar-refractivity contribution < 1.29 is 19.2 Å². The number of rotatable bonds is 6. The third-order valence-electron chi connectivity index (χ3n) is 4.93. The minimum absolute atomic E-state index is 0.0212. The highest BCUT2D eigenvalue weighted by Gasteiger charge is 2.28. The van der Waals surface area contributed by atoms with Gasteiger partial charge in [-0.3, -0.25) is 14.8 Å². The van der Waals surface area contributed by atoms with Crippen LogP contribution in [0.25, 0.3) is 10.9 Å². The van der Waals surface area contributed by atoms with Crippen molar-refractivity contribution >= 4 is 28.4 Å². The molecule has 0 aliphatic carbocycles. The average Bonchev–Trinajstić information content (AvgIpc) is 3.06. The topological polar surface area (TPSA) is 112 Å². The number of carbonyl (C=O) groups excluding carboxylic acids is 1. The van der Waals surface area contributed by atoms with Crippen LogP contribution in [0.15, 0.2) is 18.3 Å². The summed E-state index contributed by atoms with van der Waals surface area (Å²) in [6.07, 6.45) is 2.71. The van der Waals surface area contributed by atoms with Gasteiger partial charge >= 0.3 is 6.09 Å². The SMILES string of the molecule is COCCn1cc2cc([N+](=O)[O-])c(N3CCC(NC(=O)OC(C)(C)C)CC3)cc2n1. The maximum Gasteiger partial charge on any atom is 0.407 e. The van der Waals surface area contributed by atoms with Gasteiger partial charge in [-0.05, 0) is 39.7 Å². The zero-order valence-electron chi connectivity index (χ0n) is 17.9. The number of carbonyl (C=O) groups is 1. The van der Waals surface area contributed by atoms with E-state index in [1.165, 1.54) is 0 Å². The second-order valence-corrected chi connectivity index (χ2v) is 8.45. The molecule has 0 spiro atoms. The molecule has 10 nitrogen and oxygen atoms in total. The smallest absolute Gasteiger partial charge is 0.407 e. The van der Waals surface area contributed by atoms with Gasteiger partial charge in [-0.2, -0.15) is 5.10 Å². The number of alkyl carbamates (subject to hydrolysis) is 1. The minimum Gasteiger partial charge on any atom is -0.444 e. The molecule has 3 rings (SSSR count). The molecule has 0 saturated carbocycles. The zero-order valence-corrected chi connectivity index (χ0v) is 17.9. The largest absolute Gasteiger partial charge is 0.444 e. The van der Waals surface area contributed by atoms with Crippen LogP contribution in [0, 0.1) is 10.1 Å². The van der Waals surface area contributed by atoms with Gasteiger partial charge in [-0.15, -0.1) is 0 Å². The van der Waals surface area contributed by atoms with Gasteiger partial charge in [0.15, 0.2) is 0 Å². The first kappa shape index (κ1) is 21.8. The summed E-state index contributed by atoms with van der Waals surface area (Å²) in [4.78, 5) is 25.3. The predicted octanol–water partition coefficient (Wildman–Crippen LogP) is 3.08.